The average molecular weight is 477 g/mol. The zero-order valence-electron chi connectivity index (χ0n) is 19.6. The number of carbonyl (C=O) groups excluding carboxylic acids is 2. The molecule has 6 nitrogen and oxygen atoms in total. The minimum Gasteiger partial charge on any atom is -0.366 e. The monoisotopic (exact) mass is 476 g/mol. The Labute approximate surface area is 205 Å². The molecule has 1 heterocycles. The maximum absolute atomic E-state index is 13.1. The molecule has 3 N–H and O–H groups in total. The van der Waals surface area contributed by atoms with Crippen molar-refractivity contribution in [3.63, 3.8) is 0 Å². The SMILES string of the molecule is Cc1ccc(NC(=O)Nc2ccc(N3CCc4ccccc4C3)c(C(=O)NC(C)C)c2)cc1Cl. The summed E-state index contributed by atoms with van der Waals surface area (Å²) in [6.45, 7) is 7.31. The van der Waals surface area contributed by atoms with Crippen molar-refractivity contribution in [2.45, 2.75) is 39.8 Å². The van der Waals surface area contributed by atoms with E-state index in [1.807, 2.05) is 45.0 Å². The van der Waals surface area contributed by atoms with Gasteiger partial charge < -0.3 is 20.9 Å². The van der Waals surface area contributed by atoms with E-state index in [4.69, 9.17) is 11.6 Å². The summed E-state index contributed by atoms with van der Waals surface area (Å²) in [6.07, 6.45) is 0.920. The maximum atomic E-state index is 13.1. The molecule has 0 aliphatic carbocycles. The lowest BCUT2D eigenvalue weighted by atomic mass is 9.98. The minimum atomic E-state index is -0.408. The van der Waals surface area contributed by atoms with Gasteiger partial charge in [-0.15, -0.1) is 0 Å². The zero-order chi connectivity index (χ0) is 24.2. The minimum absolute atomic E-state index is 0.00590. The van der Waals surface area contributed by atoms with Gasteiger partial charge in [-0.1, -0.05) is 41.9 Å². The van der Waals surface area contributed by atoms with Gasteiger partial charge in [-0.25, -0.2) is 4.79 Å². The molecule has 7 heteroatoms. The number of aryl methyl sites for hydroxylation is 1. The molecule has 0 bridgehead atoms. The number of urea groups is 1. The number of anilines is 3. The Kier molecular flexibility index (Phi) is 7.08. The van der Waals surface area contributed by atoms with Gasteiger partial charge in [-0.3, -0.25) is 4.79 Å². The van der Waals surface area contributed by atoms with Crippen LogP contribution in [0.25, 0.3) is 0 Å². The van der Waals surface area contributed by atoms with Crippen LogP contribution in [0.15, 0.2) is 60.7 Å². The number of hydrogen-bond donors (Lipinski definition) is 3. The van der Waals surface area contributed by atoms with E-state index in [1.54, 1.807) is 18.2 Å². The van der Waals surface area contributed by atoms with Crippen LogP contribution in [-0.2, 0) is 13.0 Å². The molecule has 0 spiro atoms. The van der Waals surface area contributed by atoms with Crippen molar-refractivity contribution < 1.29 is 9.59 Å². The van der Waals surface area contributed by atoms with Crippen LogP contribution in [0.1, 0.15) is 40.9 Å². The highest BCUT2D eigenvalue weighted by Gasteiger charge is 2.22. The van der Waals surface area contributed by atoms with Crippen LogP contribution in [0.4, 0.5) is 21.9 Å². The van der Waals surface area contributed by atoms with Crippen molar-refractivity contribution in [3.8, 4) is 0 Å². The molecule has 1 aliphatic rings. The first-order valence-corrected chi connectivity index (χ1v) is 11.8. The van der Waals surface area contributed by atoms with E-state index >= 15 is 0 Å². The quantitative estimate of drug-likeness (QED) is 0.423. The molecule has 0 radical (unpaired) electrons. The van der Waals surface area contributed by atoms with Gasteiger partial charge in [0.25, 0.3) is 5.91 Å². The Bertz CT molecular complexity index is 1230. The number of nitrogens with zero attached hydrogens (tertiary/aromatic N) is 1. The van der Waals surface area contributed by atoms with Crippen LogP contribution >= 0.6 is 11.6 Å². The third-order valence-corrected chi connectivity index (χ3v) is 6.23. The van der Waals surface area contributed by atoms with Gasteiger partial charge in [0.05, 0.1) is 5.56 Å². The lowest BCUT2D eigenvalue weighted by molar-refractivity contribution is 0.0943. The Morgan fingerprint density at radius 1 is 0.941 bits per heavy atom. The molecule has 3 amide bonds. The Morgan fingerprint density at radius 2 is 1.62 bits per heavy atom. The fraction of sp³-hybridized carbons (Fsp3) is 0.259. The molecular formula is C27H29ClN4O2. The number of fused-ring (bicyclic) bond motifs is 1. The number of amides is 3. The molecule has 0 unspecified atom stereocenters. The van der Waals surface area contributed by atoms with Crippen LogP contribution < -0.4 is 20.9 Å². The Balaban J connectivity index is 1.57. The molecule has 3 aromatic carbocycles. The van der Waals surface area contributed by atoms with Crippen molar-refractivity contribution in [2.75, 3.05) is 22.1 Å². The smallest absolute Gasteiger partial charge is 0.323 e. The summed E-state index contributed by atoms with van der Waals surface area (Å²) < 4.78 is 0. The van der Waals surface area contributed by atoms with E-state index in [2.05, 4.69) is 39.0 Å². The molecular weight excluding hydrogens is 448 g/mol. The Morgan fingerprint density at radius 3 is 2.32 bits per heavy atom. The predicted octanol–water partition coefficient (Wildman–Crippen LogP) is 5.99. The van der Waals surface area contributed by atoms with Crippen molar-refractivity contribution in [1.29, 1.82) is 0 Å². The second-order valence-electron chi connectivity index (χ2n) is 8.84. The fourth-order valence-electron chi connectivity index (χ4n) is 4.08. The van der Waals surface area contributed by atoms with E-state index < -0.39 is 6.03 Å². The van der Waals surface area contributed by atoms with Crippen molar-refractivity contribution in [2.24, 2.45) is 0 Å². The summed E-state index contributed by atoms with van der Waals surface area (Å²) in [5.41, 5.74) is 6.05. The zero-order valence-corrected chi connectivity index (χ0v) is 20.4. The van der Waals surface area contributed by atoms with Crippen molar-refractivity contribution in [1.82, 2.24) is 5.32 Å². The lowest BCUT2D eigenvalue weighted by Crippen LogP contribution is -2.35. The molecule has 0 saturated heterocycles. The second kappa shape index (κ2) is 10.2. The number of halogens is 1. The summed E-state index contributed by atoms with van der Waals surface area (Å²) in [7, 11) is 0. The summed E-state index contributed by atoms with van der Waals surface area (Å²) in [5.74, 6) is -0.168. The molecule has 176 valence electrons. The van der Waals surface area contributed by atoms with Crippen molar-refractivity contribution in [3.05, 3.63) is 87.9 Å². The predicted molar refractivity (Wildman–Crippen MR) is 139 cm³/mol. The standard InChI is InChI=1S/C27H29ClN4O2/c1-17(2)29-26(33)23-14-21(30-27(34)31-22-9-8-18(3)24(28)15-22)10-11-25(23)32-13-12-19-6-4-5-7-20(19)16-32/h4-11,14-15,17H,12-13,16H2,1-3H3,(H,29,33)(H2,30,31,34). The summed E-state index contributed by atoms with van der Waals surface area (Å²) in [4.78, 5) is 27.9. The summed E-state index contributed by atoms with van der Waals surface area (Å²) in [6, 6.07) is 18.8. The number of benzene rings is 3. The first kappa shape index (κ1) is 23.6. The summed E-state index contributed by atoms with van der Waals surface area (Å²) >= 11 is 6.16. The van der Waals surface area contributed by atoms with E-state index in [9.17, 15) is 9.59 Å². The highest BCUT2D eigenvalue weighted by atomic mass is 35.5. The van der Waals surface area contributed by atoms with Crippen LogP contribution in [0.3, 0.4) is 0 Å². The molecule has 0 aromatic heterocycles. The molecule has 0 atom stereocenters. The highest BCUT2D eigenvalue weighted by Crippen LogP contribution is 2.30. The first-order valence-electron chi connectivity index (χ1n) is 11.4. The third-order valence-electron chi connectivity index (χ3n) is 5.82. The third kappa shape index (κ3) is 5.51. The van der Waals surface area contributed by atoms with Gasteiger partial charge in [-0.05, 0) is 74.2 Å². The molecule has 3 aromatic rings. The number of hydrogen-bond acceptors (Lipinski definition) is 3. The number of carbonyl (C=O) groups is 2. The summed E-state index contributed by atoms with van der Waals surface area (Å²) in [5, 5.41) is 9.17. The van der Waals surface area contributed by atoms with Crippen LogP contribution in [0.2, 0.25) is 5.02 Å². The van der Waals surface area contributed by atoms with Gasteiger partial charge >= 0.3 is 6.03 Å². The number of nitrogens with one attached hydrogen (secondary N) is 3. The van der Waals surface area contributed by atoms with E-state index in [0.717, 1.165) is 30.8 Å². The van der Waals surface area contributed by atoms with Gasteiger partial charge in [0.15, 0.2) is 0 Å². The average Bonchev–Trinajstić information content (AvgIpc) is 2.80. The molecule has 0 saturated carbocycles. The maximum Gasteiger partial charge on any atom is 0.323 e. The van der Waals surface area contributed by atoms with Crippen LogP contribution in [0.5, 0.6) is 0 Å². The van der Waals surface area contributed by atoms with Gasteiger partial charge in [0.1, 0.15) is 0 Å². The van der Waals surface area contributed by atoms with E-state index in [-0.39, 0.29) is 11.9 Å². The Hall–Kier alpha value is -3.51. The highest BCUT2D eigenvalue weighted by molar-refractivity contribution is 6.31. The van der Waals surface area contributed by atoms with Gasteiger partial charge in [-0.2, -0.15) is 0 Å². The van der Waals surface area contributed by atoms with E-state index in [0.29, 0.717) is 22.0 Å². The number of rotatable bonds is 5. The molecule has 0 fully saturated rings. The van der Waals surface area contributed by atoms with Gasteiger partial charge in [0.2, 0.25) is 0 Å². The molecule has 1 aliphatic heterocycles. The van der Waals surface area contributed by atoms with Gasteiger partial charge in [0, 0.05) is 41.2 Å². The second-order valence-corrected chi connectivity index (χ2v) is 9.25. The molecule has 34 heavy (non-hydrogen) atoms. The lowest BCUT2D eigenvalue weighted by Gasteiger charge is -2.32. The van der Waals surface area contributed by atoms with Crippen LogP contribution in [-0.4, -0.2) is 24.5 Å². The topological polar surface area (TPSA) is 73.5 Å². The largest absolute Gasteiger partial charge is 0.366 e. The van der Waals surface area contributed by atoms with Crippen LogP contribution in [0, 0.1) is 6.92 Å². The van der Waals surface area contributed by atoms with Crippen molar-refractivity contribution >= 4 is 40.6 Å². The van der Waals surface area contributed by atoms with E-state index in [1.165, 1.54) is 11.1 Å². The first-order chi connectivity index (χ1) is 16.3. The fourth-order valence-corrected chi connectivity index (χ4v) is 4.26. The normalized spacial score (nSPS) is 12.8. The molecule has 4 rings (SSSR count).